The van der Waals surface area contributed by atoms with Crippen LogP contribution in [-0.4, -0.2) is 6.16 Å². The van der Waals surface area contributed by atoms with Crippen molar-refractivity contribution in [3.8, 4) is 0 Å². The van der Waals surface area contributed by atoms with Crippen molar-refractivity contribution in [1.29, 1.82) is 0 Å². The van der Waals surface area contributed by atoms with Crippen LogP contribution in [0.25, 0.3) is 0 Å². The highest BCUT2D eigenvalue weighted by atomic mass is 127. The highest BCUT2D eigenvalue weighted by Crippen LogP contribution is 2.59. The van der Waals surface area contributed by atoms with Crippen molar-refractivity contribution in [2.75, 3.05) is 6.16 Å². The van der Waals surface area contributed by atoms with Crippen molar-refractivity contribution in [2.45, 2.75) is 12.8 Å². The van der Waals surface area contributed by atoms with Crippen LogP contribution in [0.4, 0.5) is 0 Å². The van der Waals surface area contributed by atoms with E-state index in [1.165, 1.54) is 34.9 Å². The van der Waals surface area contributed by atoms with Gasteiger partial charge in [-0.3, -0.25) is 0 Å². The standard InChI is InChI=1S/C22H22P.2HI.H3P/c1-4-10-20(11-5-1)23(18-19-16-17-19,21-12-6-2-7-13-21)22-14-8-3-9-15-22;;;/h1-15,19H,16-18H2;2*1H;1H3/q+1;;;/p-1. The lowest BCUT2D eigenvalue weighted by Crippen LogP contribution is -3.00. The summed E-state index contributed by atoms with van der Waals surface area (Å²) in [6, 6.07) is 33.6. The van der Waals surface area contributed by atoms with Crippen LogP contribution in [0.3, 0.4) is 0 Å². The summed E-state index contributed by atoms with van der Waals surface area (Å²) in [7, 11) is -1.55. The van der Waals surface area contributed by atoms with Crippen molar-refractivity contribution in [3.63, 3.8) is 0 Å². The van der Waals surface area contributed by atoms with Gasteiger partial charge in [0, 0.05) is 0 Å². The molecule has 0 nitrogen and oxygen atoms in total. The fourth-order valence-electron chi connectivity index (χ4n) is 3.50. The van der Waals surface area contributed by atoms with Gasteiger partial charge in [0.25, 0.3) is 0 Å². The van der Waals surface area contributed by atoms with Crippen molar-refractivity contribution in [2.24, 2.45) is 5.92 Å². The minimum atomic E-state index is -1.55. The molecular formula is C22H26I2P2. The van der Waals surface area contributed by atoms with Gasteiger partial charge in [0.2, 0.25) is 0 Å². The minimum absolute atomic E-state index is 0. The molecule has 0 amide bonds. The van der Waals surface area contributed by atoms with Crippen LogP contribution in [-0.2, 0) is 0 Å². The molecule has 1 unspecified atom stereocenters. The van der Waals surface area contributed by atoms with Gasteiger partial charge in [0.05, 0.1) is 6.16 Å². The summed E-state index contributed by atoms with van der Waals surface area (Å²) in [4.78, 5) is 0. The average Bonchev–Trinajstić information content (AvgIpc) is 3.46. The molecule has 26 heavy (non-hydrogen) atoms. The fraction of sp³-hybridized carbons (Fsp3) is 0.182. The molecule has 1 saturated carbocycles. The maximum Gasteiger partial charge on any atom is 0.112 e. The van der Waals surface area contributed by atoms with E-state index in [9.17, 15) is 0 Å². The molecule has 3 aromatic rings. The smallest absolute Gasteiger partial charge is 0.112 e. The summed E-state index contributed by atoms with van der Waals surface area (Å²) < 4.78 is 0. The van der Waals surface area contributed by atoms with E-state index in [0.29, 0.717) is 0 Å². The first-order valence-corrected chi connectivity index (χ1v) is 10.4. The Hall–Kier alpha value is -0.0200. The highest BCUT2D eigenvalue weighted by Gasteiger charge is 2.48. The van der Waals surface area contributed by atoms with Crippen molar-refractivity contribution in [3.05, 3.63) is 91.0 Å². The van der Waals surface area contributed by atoms with E-state index in [1.54, 1.807) is 0 Å². The quantitative estimate of drug-likeness (QED) is 0.238. The number of benzene rings is 3. The lowest BCUT2D eigenvalue weighted by atomic mass is 10.3. The molecule has 138 valence electrons. The fourth-order valence-corrected chi connectivity index (χ4v) is 8.21. The first-order chi connectivity index (χ1) is 11.4. The molecule has 4 heteroatoms. The molecule has 1 aliphatic carbocycles. The maximum absolute atomic E-state index is 2.34. The van der Waals surface area contributed by atoms with E-state index in [2.05, 4.69) is 91.0 Å². The highest BCUT2D eigenvalue weighted by molar-refractivity contribution is 7.95. The molecular weight excluding hydrogens is 580 g/mol. The third-order valence-corrected chi connectivity index (χ3v) is 9.42. The number of hydrogen-bond acceptors (Lipinski definition) is 0. The normalized spacial score (nSPS) is 12.9. The molecule has 0 N–H and O–H groups in total. The van der Waals surface area contributed by atoms with Crippen molar-refractivity contribution in [1.82, 2.24) is 0 Å². The molecule has 0 heterocycles. The molecule has 4 rings (SSSR count). The Kier molecular flexibility index (Phi) is 10.3. The van der Waals surface area contributed by atoms with Gasteiger partial charge in [-0.15, -0.1) is 0 Å². The molecule has 0 radical (unpaired) electrons. The van der Waals surface area contributed by atoms with Gasteiger partial charge in [-0.2, -0.15) is 0 Å². The van der Waals surface area contributed by atoms with E-state index in [4.69, 9.17) is 0 Å². The van der Waals surface area contributed by atoms with E-state index in [1.807, 2.05) is 0 Å². The van der Waals surface area contributed by atoms with Crippen LogP contribution in [0, 0.1) is 5.92 Å². The summed E-state index contributed by atoms with van der Waals surface area (Å²) >= 11 is 0. The second-order valence-electron chi connectivity index (χ2n) is 6.44. The van der Waals surface area contributed by atoms with Gasteiger partial charge in [0.1, 0.15) is 23.2 Å². The van der Waals surface area contributed by atoms with E-state index >= 15 is 0 Å². The molecule has 0 saturated heterocycles. The Balaban J connectivity index is 0.00000113. The molecule has 1 aliphatic rings. The molecule has 1 fully saturated rings. The van der Waals surface area contributed by atoms with Gasteiger partial charge < -0.3 is 48.0 Å². The zero-order valence-corrected chi connectivity index (χ0v) is 22.3. The van der Waals surface area contributed by atoms with E-state index < -0.39 is 7.26 Å². The number of hydrogen-bond donors (Lipinski definition) is 0. The van der Waals surface area contributed by atoms with Crippen LogP contribution < -0.4 is 63.9 Å². The van der Waals surface area contributed by atoms with E-state index in [-0.39, 0.29) is 57.9 Å². The summed E-state index contributed by atoms with van der Waals surface area (Å²) in [6.07, 6.45) is 4.10. The third-order valence-electron chi connectivity index (χ3n) is 4.82. The summed E-state index contributed by atoms with van der Waals surface area (Å²) in [5.41, 5.74) is 0. The molecule has 1 atom stereocenters. The van der Waals surface area contributed by atoms with Gasteiger partial charge in [-0.1, -0.05) is 54.6 Å². The summed E-state index contributed by atoms with van der Waals surface area (Å²) in [5, 5.41) is 4.55. The van der Waals surface area contributed by atoms with Crippen LogP contribution in [0.5, 0.6) is 0 Å². The number of rotatable bonds is 5. The number of halogens is 2. The largest absolute Gasteiger partial charge is 1.00 e. The van der Waals surface area contributed by atoms with Gasteiger partial charge in [-0.05, 0) is 65.1 Å². The lowest BCUT2D eigenvalue weighted by Gasteiger charge is -2.27. The Labute approximate surface area is 195 Å². The zero-order valence-electron chi connectivity index (χ0n) is 15.1. The molecule has 3 aromatic carbocycles. The minimum Gasteiger partial charge on any atom is -1.00 e. The first kappa shape index (κ1) is 24.0. The van der Waals surface area contributed by atoms with Gasteiger partial charge in [0.15, 0.2) is 0 Å². The van der Waals surface area contributed by atoms with Crippen molar-refractivity contribution >= 4 is 33.1 Å². The Morgan fingerprint density at radius 3 is 1.15 bits per heavy atom. The topological polar surface area (TPSA) is 0 Å². The Morgan fingerprint density at radius 2 is 0.885 bits per heavy atom. The predicted molar refractivity (Wildman–Crippen MR) is 115 cm³/mol. The second kappa shape index (κ2) is 11.1. The molecule has 0 aromatic heterocycles. The Bertz CT molecular complexity index is 663. The summed E-state index contributed by atoms with van der Waals surface area (Å²) in [6.45, 7) is 0. The Morgan fingerprint density at radius 1 is 0.577 bits per heavy atom. The predicted octanol–water partition coefficient (Wildman–Crippen LogP) is -1.81. The van der Waals surface area contributed by atoms with Crippen LogP contribution in [0.1, 0.15) is 12.8 Å². The van der Waals surface area contributed by atoms with Gasteiger partial charge >= 0.3 is 0 Å². The van der Waals surface area contributed by atoms with Crippen LogP contribution >= 0.6 is 17.2 Å². The third kappa shape index (κ3) is 5.07. The van der Waals surface area contributed by atoms with Gasteiger partial charge in [-0.25, -0.2) is 0 Å². The lowest BCUT2D eigenvalue weighted by molar-refractivity contribution is -0.00100. The SMILES string of the molecule is [I-].[I-].[PH4+].c1ccc([P+](CC2CC2)(c2ccccc2)c2ccccc2)cc1. The molecule has 0 bridgehead atoms. The monoisotopic (exact) mass is 606 g/mol. The van der Waals surface area contributed by atoms with E-state index in [0.717, 1.165) is 5.92 Å². The zero-order chi connectivity index (χ0) is 15.5. The molecule has 0 aliphatic heterocycles. The maximum atomic E-state index is 2.34. The second-order valence-corrected chi connectivity index (χ2v) is 9.98. The average molecular weight is 606 g/mol. The van der Waals surface area contributed by atoms with Crippen LogP contribution in [0.2, 0.25) is 0 Å². The van der Waals surface area contributed by atoms with Crippen LogP contribution in [0.15, 0.2) is 91.0 Å². The first-order valence-electron chi connectivity index (χ1n) is 8.44. The van der Waals surface area contributed by atoms with Crippen molar-refractivity contribution < 1.29 is 48.0 Å². The summed E-state index contributed by atoms with van der Waals surface area (Å²) in [5.74, 6) is 0.893. The molecule has 0 spiro atoms.